The Morgan fingerprint density at radius 2 is 1.79 bits per heavy atom. The predicted molar refractivity (Wildman–Crippen MR) is 70.1 cm³/mol. The molecule has 0 aliphatic heterocycles. The number of sulfone groups is 1. The molecule has 1 unspecified atom stereocenters. The third-order valence-corrected chi connectivity index (χ3v) is 6.07. The van der Waals surface area contributed by atoms with E-state index in [1.54, 1.807) is 0 Å². The molecule has 0 aliphatic rings. The van der Waals surface area contributed by atoms with Crippen molar-refractivity contribution in [2.24, 2.45) is 0 Å². The standard InChI is InChI=1S/C10H18N2O5S2/c1-7(6-18(5,13)14)12(4)19(15,16)10-8(2)11-17-9(10)3/h7H,6H2,1-5H3. The molecule has 0 saturated heterocycles. The van der Waals surface area contributed by atoms with Crippen LogP contribution >= 0.6 is 0 Å². The first-order valence-corrected chi connectivity index (χ1v) is 9.05. The van der Waals surface area contributed by atoms with Crippen molar-refractivity contribution in [3.05, 3.63) is 11.5 Å². The molecule has 9 heteroatoms. The second kappa shape index (κ2) is 5.22. The summed E-state index contributed by atoms with van der Waals surface area (Å²) < 4.78 is 53.1. The molecule has 1 heterocycles. The summed E-state index contributed by atoms with van der Waals surface area (Å²) in [5, 5.41) is 3.60. The van der Waals surface area contributed by atoms with Gasteiger partial charge in [0.1, 0.15) is 20.4 Å². The third kappa shape index (κ3) is 3.54. The highest BCUT2D eigenvalue weighted by atomic mass is 32.2. The van der Waals surface area contributed by atoms with Crippen LogP contribution in [0.1, 0.15) is 18.4 Å². The smallest absolute Gasteiger partial charge is 0.248 e. The van der Waals surface area contributed by atoms with Crippen LogP contribution in [0, 0.1) is 13.8 Å². The lowest BCUT2D eigenvalue weighted by Crippen LogP contribution is -2.39. The van der Waals surface area contributed by atoms with E-state index >= 15 is 0 Å². The summed E-state index contributed by atoms with van der Waals surface area (Å²) >= 11 is 0. The van der Waals surface area contributed by atoms with Crippen LogP contribution in [-0.4, -0.2) is 51.4 Å². The minimum absolute atomic E-state index is 0.00430. The highest BCUT2D eigenvalue weighted by Gasteiger charge is 2.32. The van der Waals surface area contributed by atoms with Gasteiger partial charge in [-0.25, -0.2) is 16.8 Å². The molecule has 110 valence electrons. The van der Waals surface area contributed by atoms with E-state index in [4.69, 9.17) is 4.52 Å². The van der Waals surface area contributed by atoms with Crippen molar-refractivity contribution in [1.82, 2.24) is 9.46 Å². The quantitative estimate of drug-likeness (QED) is 0.778. The van der Waals surface area contributed by atoms with Gasteiger partial charge < -0.3 is 4.52 Å². The lowest BCUT2D eigenvalue weighted by atomic mass is 10.4. The molecule has 0 spiro atoms. The fourth-order valence-electron chi connectivity index (χ4n) is 1.77. The molecular formula is C10H18N2O5S2. The number of hydrogen-bond acceptors (Lipinski definition) is 6. The SMILES string of the molecule is Cc1noc(C)c1S(=O)(=O)N(C)C(C)CS(C)(=O)=O. The Kier molecular flexibility index (Phi) is 4.43. The maximum Gasteiger partial charge on any atom is 0.248 e. The van der Waals surface area contributed by atoms with Crippen molar-refractivity contribution in [2.75, 3.05) is 19.1 Å². The van der Waals surface area contributed by atoms with Gasteiger partial charge in [0.15, 0.2) is 5.76 Å². The van der Waals surface area contributed by atoms with Crippen molar-refractivity contribution >= 4 is 19.9 Å². The Labute approximate surface area is 113 Å². The van der Waals surface area contributed by atoms with Crippen LogP contribution in [0.4, 0.5) is 0 Å². The van der Waals surface area contributed by atoms with E-state index in [2.05, 4.69) is 5.16 Å². The van der Waals surface area contributed by atoms with Gasteiger partial charge in [-0.3, -0.25) is 0 Å². The minimum Gasteiger partial charge on any atom is -0.360 e. The van der Waals surface area contributed by atoms with Crippen molar-refractivity contribution in [3.8, 4) is 0 Å². The van der Waals surface area contributed by atoms with Gasteiger partial charge >= 0.3 is 0 Å². The van der Waals surface area contributed by atoms with Gasteiger partial charge in [0.05, 0.1) is 5.75 Å². The molecular weight excluding hydrogens is 292 g/mol. The van der Waals surface area contributed by atoms with Crippen LogP contribution in [0.25, 0.3) is 0 Å². The number of hydrogen-bond donors (Lipinski definition) is 0. The van der Waals surface area contributed by atoms with Gasteiger partial charge in [0.2, 0.25) is 10.0 Å². The molecule has 0 bridgehead atoms. The number of sulfonamides is 1. The number of rotatable bonds is 5. The van der Waals surface area contributed by atoms with Crippen LogP contribution in [-0.2, 0) is 19.9 Å². The highest BCUT2D eigenvalue weighted by molar-refractivity contribution is 7.91. The molecule has 0 amide bonds. The summed E-state index contributed by atoms with van der Waals surface area (Å²) in [6, 6.07) is -0.673. The molecule has 0 N–H and O–H groups in total. The fourth-order valence-corrected chi connectivity index (χ4v) is 4.61. The molecule has 0 radical (unpaired) electrons. The second-order valence-corrected chi connectivity index (χ2v) is 8.74. The van der Waals surface area contributed by atoms with Gasteiger partial charge in [0, 0.05) is 19.3 Å². The van der Waals surface area contributed by atoms with Crippen LogP contribution in [0.2, 0.25) is 0 Å². The van der Waals surface area contributed by atoms with E-state index in [0.717, 1.165) is 10.6 Å². The zero-order valence-corrected chi connectivity index (χ0v) is 13.2. The molecule has 0 aliphatic carbocycles. The van der Waals surface area contributed by atoms with Gasteiger partial charge in [-0.05, 0) is 20.8 Å². The Bertz CT molecular complexity index is 641. The van der Waals surface area contributed by atoms with Gasteiger partial charge in [-0.2, -0.15) is 4.31 Å². The van der Waals surface area contributed by atoms with Crippen molar-refractivity contribution in [2.45, 2.75) is 31.7 Å². The lowest BCUT2D eigenvalue weighted by molar-refractivity contribution is 0.387. The zero-order chi connectivity index (χ0) is 15.0. The second-order valence-electron chi connectivity index (χ2n) is 4.62. The summed E-state index contributed by atoms with van der Waals surface area (Å²) in [4.78, 5) is -0.00430. The molecule has 19 heavy (non-hydrogen) atoms. The van der Waals surface area contributed by atoms with E-state index in [1.165, 1.54) is 27.8 Å². The first-order chi connectivity index (χ1) is 8.47. The average Bonchev–Trinajstić information content (AvgIpc) is 2.55. The normalized spacial score (nSPS) is 14.8. The Hall–Kier alpha value is -0.930. The Morgan fingerprint density at radius 3 is 2.16 bits per heavy atom. The molecule has 7 nitrogen and oxygen atoms in total. The predicted octanol–water partition coefficient (Wildman–Crippen LogP) is 0.345. The summed E-state index contributed by atoms with van der Waals surface area (Å²) in [6.07, 6.45) is 1.07. The molecule has 0 saturated carbocycles. The van der Waals surface area contributed by atoms with E-state index in [0.29, 0.717) is 0 Å². The van der Waals surface area contributed by atoms with E-state index in [1.807, 2.05) is 0 Å². The molecule has 1 atom stereocenters. The lowest BCUT2D eigenvalue weighted by Gasteiger charge is -2.23. The maximum absolute atomic E-state index is 12.4. The van der Waals surface area contributed by atoms with E-state index < -0.39 is 25.9 Å². The van der Waals surface area contributed by atoms with Crippen LogP contribution in [0.3, 0.4) is 0 Å². The third-order valence-electron chi connectivity index (χ3n) is 2.77. The number of nitrogens with zero attached hydrogens (tertiary/aromatic N) is 2. The number of aromatic nitrogens is 1. The summed E-state index contributed by atoms with van der Waals surface area (Å²) in [6.45, 7) is 4.57. The zero-order valence-electron chi connectivity index (χ0n) is 11.5. The topological polar surface area (TPSA) is 97.6 Å². The Balaban J connectivity index is 3.15. The van der Waals surface area contributed by atoms with E-state index in [9.17, 15) is 16.8 Å². The van der Waals surface area contributed by atoms with Crippen LogP contribution in [0.5, 0.6) is 0 Å². The molecule has 0 aromatic carbocycles. The summed E-state index contributed by atoms with van der Waals surface area (Å²) in [5.74, 6) is -0.0533. The minimum atomic E-state index is -3.82. The molecule has 0 fully saturated rings. The van der Waals surface area contributed by atoms with Crippen molar-refractivity contribution < 1.29 is 21.4 Å². The fraction of sp³-hybridized carbons (Fsp3) is 0.700. The first kappa shape index (κ1) is 16.1. The summed E-state index contributed by atoms with van der Waals surface area (Å²) in [7, 11) is -5.73. The number of aryl methyl sites for hydroxylation is 2. The molecule has 1 aromatic rings. The largest absolute Gasteiger partial charge is 0.360 e. The molecule has 1 aromatic heterocycles. The van der Waals surface area contributed by atoms with Crippen LogP contribution < -0.4 is 0 Å². The first-order valence-electron chi connectivity index (χ1n) is 5.55. The van der Waals surface area contributed by atoms with Crippen LogP contribution in [0.15, 0.2) is 9.42 Å². The Morgan fingerprint density at radius 1 is 1.26 bits per heavy atom. The monoisotopic (exact) mass is 310 g/mol. The van der Waals surface area contributed by atoms with Gasteiger partial charge in [0.25, 0.3) is 0 Å². The maximum atomic E-state index is 12.4. The van der Waals surface area contributed by atoms with Gasteiger partial charge in [-0.1, -0.05) is 5.16 Å². The van der Waals surface area contributed by atoms with E-state index in [-0.39, 0.29) is 22.1 Å². The molecule has 1 rings (SSSR count). The van der Waals surface area contributed by atoms with Crippen molar-refractivity contribution in [1.29, 1.82) is 0 Å². The summed E-state index contributed by atoms with van der Waals surface area (Å²) in [5.41, 5.74) is 0.260. The average molecular weight is 310 g/mol. The van der Waals surface area contributed by atoms with Crippen molar-refractivity contribution in [3.63, 3.8) is 0 Å². The van der Waals surface area contributed by atoms with Gasteiger partial charge in [-0.15, -0.1) is 0 Å². The highest BCUT2D eigenvalue weighted by Crippen LogP contribution is 2.23.